The highest BCUT2D eigenvalue weighted by Gasteiger charge is 2.17. The van der Waals surface area contributed by atoms with Crippen LogP contribution in [0.2, 0.25) is 0 Å². The Kier molecular flexibility index (Phi) is 4.05. The number of thiazole rings is 1. The standard InChI is InChI=1S/C12H12N2O4S2/c1-8-13-7-11(19-8)20(16,17)14-10-5-3-4-9(6-10)12(15)18-2/h3-7,14H,1-2H3. The van der Waals surface area contributed by atoms with Crippen molar-refractivity contribution in [3.05, 3.63) is 41.0 Å². The van der Waals surface area contributed by atoms with Crippen LogP contribution in [0.25, 0.3) is 0 Å². The molecule has 0 saturated carbocycles. The molecule has 0 bridgehead atoms. The lowest BCUT2D eigenvalue weighted by molar-refractivity contribution is 0.0601. The predicted molar refractivity (Wildman–Crippen MR) is 75.4 cm³/mol. The number of benzene rings is 1. The van der Waals surface area contributed by atoms with Gasteiger partial charge >= 0.3 is 5.97 Å². The maximum atomic E-state index is 12.1. The van der Waals surface area contributed by atoms with E-state index in [9.17, 15) is 13.2 Å². The summed E-state index contributed by atoms with van der Waals surface area (Å²) in [7, 11) is -2.42. The summed E-state index contributed by atoms with van der Waals surface area (Å²) in [5, 5.41) is 0.661. The Labute approximate surface area is 120 Å². The van der Waals surface area contributed by atoms with E-state index in [-0.39, 0.29) is 9.77 Å². The van der Waals surface area contributed by atoms with E-state index in [2.05, 4.69) is 14.4 Å². The average Bonchev–Trinajstić information content (AvgIpc) is 2.85. The normalized spacial score (nSPS) is 11.1. The summed E-state index contributed by atoms with van der Waals surface area (Å²) in [4.78, 5) is 15.3. The molecular weight excluding hydrogens is 300 g/mol. The Morgan fingerprint density at radius 2 is 2.15 bits per heavy atom. The first-order chi connectivity index (χ1) is 9.42. The third-order valence-corrected chi connectivity index (χ3v) is 5.16. The minimum atomic E-state index is -3.69. The van der Waals surface area contributed by atoms with Gasteiger partial charge < -0.3 is 4.74 Å². The van der Waals surface area contributed by atoms with Gasteiger partial charge in [0.25, 0.3) is 10.0 Å². The molecular formula is C12H12N2O4S2. The fourth-order valence-electron chi connectivity index (χ4n) is 1.50. The lowest BCUT2D eigenvalue weighted by Gasteiger charge is -2.07. The van der Waals surface area contributed by atoms with Crippen molar-refractivity contribution in [1.82, 2.24) is 4.98 Å². The summed E-state index contributed by atoms with van der Waals surface area (Å²) >= 11 is 1.08. The molecule has 6 nitrogen and oxygen atoms in total. The SMILES string of the molecule is COC(=O)c1cccc(NS(=O)(=O)c2cnc(C)s2)c1. The first kappa shape index (κ1) is 14.5. The number of esters is 1. The zero-order valence-corrected chi connectivity index (χ0v) is 12.4. The molecule has 8 heteroatoms. The number of nitrogens with zero attached hydrogens (tertiary/aromatic N) is 1. The predicted octanol–water partition coefficient (Wildman–Crippen LogP) is 2.04. The molecule has 2 aromatic rings. The third kappa shape index (κ3) is 3.14. The van der Waals surface area contributed by atoms with Gasteiger partial charge in [0.05, 0.1) is 23.9 Å². The molecule has 0 amide bonds. The lowest BCUT2D eigenvalue weighted by atomic mass is 10.2. The van der Waals surface area contributed by atoms with E-state index < -0.39 is 16.0 Å². The van der Waals surface area contributed by atoms with E-state index in [0.29, 0.717) is 10.7 Å². The van der Waals surface area contributed by atoms with Crippen molar-refractivity contribution in [2.24, 2.45) is 0 Å². The largest absolute Gasteiger partial charge is 0.465 e. The zero-order chi connectivity index (χ0) is 14.8. The first-order valence-electron chi connectivity index (χ1n) is 5.56. The number of sulfonamides is 1. The van der Waals surface area contributed by atoms with Crippen molar-refractivity contribution >= 4 is 33.0 Å². The Morgan fingerprint density at radius 1 is 1.40 bits per heavy atom. The highest BCUT2D eigenvalue weighted by Crippen LogP contribution is 2.22. The van der Waals surface area contributed by atoms with Crippen LogP contribution in [0.4, 0.5) is 5.69 Å². The molecule has 0 aliphatic rings. The number of ether oxygens (including phenoxy) is 1. The van der Waals surface area contributed by atoms with Crippen LogP contribution in [-0.2, 0) is 14.8 Å². The Bertz CT molecular complexity index is 737. The second-order valence-corrected chi connectivity index (χ2v) is 7.02. The van der Waals surface area contributed by atoms with E-state index in [1.165, 1.54) is 19.4 Å². The Morgan fingerprint density at radius 3 is 2.75 bits per heavy atom. The van der Waals surface area contributed by atoms with Crippen LogP contribution in [0.5, 0.6) is 0 Å². The van der Waals surface area contributed by atoms with E-state index >= 15 is 0 Å². The lowest BCUT2D eigenvalue weighted by Crippen LogP contribution is -2.12. The fourth-order valence-corrected chi connectivity index (χ4v) is 3.66. The maximum Gasteiger partial charge on any atom is 0.337 e. The van der Waals surface area contributed by atoms with Gasteiger partial charge in [0.1, 0.15) is 0 Å². The number of aromatic nitrogens is 1. The van der Waals surface area contributed by atoms with Gasteiger partial charge in [-0.15, -0.1) is 11.3 Å². The molecule has 1 aromatic heterocycles. The van der Waals surface area contributed by atoms with Crippen LogP contribution >= 0.6 is 11.3 Å². The van der Waals surface area contributed by atoms with E-state index in [0.717, 1.165) is 11.3 Å². The Balaban J connectivity index is 2.28. The highest BCUT2D eigenvalue weighted by atomic mass is 32.2. The van der Waals surface area contributed by atoms with Gasteiger partial charge in [-0.2, -0.15) is 0 Å². The summed E-state index contributed by atoms with van der Waals surface area (Å²) in [6, 6.07) is 6.08. The van der Waals surface area contributed by atoms with E-state index in [4.69, 9.17) is 0 Å². The zero-order valence-electron chi connectivity index (χ0n) is 10.8. The van der Waals surface area contributed by atoms with Crippen LogP contribution in [0.3, 0.4) is 0 Å². The topological polar surface area (TPSA) is 85.4 Å². The summed E-state index contributed by atoms with van der Waals surface area (Å²) in [5.41, 5.74) is 0.562. The van der Waals surface area contributed by atoms with Crippen LogP contribution < -0.4 is 4.72 Å². The number of carbonyl (C=O) groups excluding carboxylic acids is 1. The van der Waals surface area contributed by atoms with E-state index in [1.807, 2.05) is 0 Å². The maximum absolute atomic E-state index is 12.1. The van der Waals surface area contributed by atoms with Gasteiger partial charge in [0.15, 0.2) is 4.21 Å². The van der Waals surface area contributed by atoms with Crippen molar-refractivity contribution in [2.45, 2.75) is 11.1 Å². The molecule has 0 aliphatic carbocycles. The molecule has 106 valence electrons. The molecule has 20 heavy (non-hydrogen) atoms. The summed E-state index contributed by atoms with van der Waals surface area (Å²) in [5.74, 6) is -0.528. The van der Waals surface area contributed by atoms with Gasteiger partial charge in [-0.05, 0) is 25.1 Å². The van der Waals surface area contributed by atoms with Crippen molar-refractivity contribution in [3.63, 3.8) is 0 Å². The first-order valence-corrected chi connectivity index (χ1v) is 7.86. The fraction of sp³-hybridized carbons (Fsp3) is 0.167. The van der Waals surface area contributed by atoms with Crippen LogP contribution in [-0.4, -0.2) is 26.5 Å². The molecule has 0 unspecified atom stereocenters. The van der Waals surface area contributed by atoms with Gasteiger partial charge in [0, 0.05) is 5.69 Å². The summed E-state index contributed by atoms with van der Waals surface area (Å²) < 4.78 is 31.3. The molecule has 0 radical (unpaired) electrons. The number of carbonyl (C=O) groups is 1. The van der Waals surface area contributed by atoms with Crippen molar-refractivity contribution in [1.29, 1.82) is 0 Å². The second kappa shape index (κ2) is 5.59. The Hall–Kier alpha value is -1.93. The van der Waals surface area contributed by atoms with Crippen LogP contribution in [0.1, 0.15) is 15.4 Å². The number of nitrogens with one attached hydrogen (secondary N) is 1. The minimum absolute atomic E-state index is 0.124. The molecule has 0 aliphatic heterocycles. The quantitative estimate of drug-likeness (QED) is 0.873. The third-order valence-electron chi connectivity index (χ3n) is 2.40. The van der Waals surface area contributed by atoms with Gasteiger partial charge in [-0.1, -0.05) is 6.07 Å². The van der Waals surface area contributed by atoms with Gasteiger partial charge in [-0.3, -0.25) is 4.72 Å². The van der Waals surface area contributed by atoms with Gasteiger partial charge in [0.2, 0.25) is 0 Å². The smallest absolute Gasteiger partial charge is 0.337 e. The molecule has 2 rings (SSSR count). The number of rotatable bonds is 4. The molecule has 1 heterocycles. The van der Waals surface area contributed by atoms with Crippen LogP contribution in [0.15, 0.2) is 34.7 Å². The van der Waals surface area contributed by atoms with Crippen LogP contribution in [0, 0.1) is 6.92 Å². The van der Waals surface area contributed by atoms with Crippen molar-refractivity contribution in [2.75, 3.05) is 11.8 Å². The minimum Gasteiger partial charge on any atom is -0.465 e. The van der Waals surface area contributed by atoms with Gasteiger partial charge in [-0.25, -0.2) is 18.2 Å². The number of methoxy groups -OCH3 is 1. The number of aryl methyl sites for hydroxylation is 1. The number of anilines is 1. The summed E-state index contributed by atoms with van der Waals surface area (Å²) in [6.45, 7) is 1.72. The molecule has 1 aromatic carbocycles. The average molecular weight is 312 g/mol. The molecule has 1 N–H and O–H groups in total. The molecule has 0 saturated heterocycles. The second-order valence-electron chi connectivity index (χ2n) is 3.88. The molecule has 0 atom stereocenters. The monoisotopic (exact) mass is 312 g/mol. The van der Waals surface area contributed by atoms with Crippen molar-refractivity contribution < 1.29 is 17.9 Å². The highest BCUT2D eigenvalue weighted by molar-refractivity contribution is 7.94. The number of hydrogen-bond acceptors (Lipinski definition) is 6. The molecule has 0 fully saturated rings. The van der Waals surface area contributed by atoms with Crippen molar-refractivity contribution in [3.8, 4) is 0 Å². The molecule has 0 spiro atoms. The number of hydrogen-bond donors (Lipinski definition) is 1. The summed E-state index contributed by atoms with van der Waals surface area (Å²) in [6.07, 6.45) is 1.30. The van der Waals surface area contributed by atoms with E-state index in [1.54, 1.807) is 25.1 Å².